The molecule has 5 rings (SSSR count). The molecule has 0 saturated carbocycles. The molecule has 0 aliphatic rings. The third-order valence-corrected chi connectivity index (χ3v) is 5.92. The minimum absolute atomic E-state index is 0.0668. The topological polar surface area (TPSA) is 98.8 Å². The molecular weight excluding hydrogens is 440 g/mol. The van der Waals surface area contributed by atoms with Crippen molar-refractivity contribution >= 4 is 33.5 Å². The first-order chi connectivity index (χ1) is 16.9. The van der Waals surface area contributed by atoms with Crippen LogP contribution in [0.5, 0.6) is 0 Å². The number of benzene rings is 1. The maximum Gasteiger partial charge on any atom is 0.274 e. The van der Waals surface area contributed by atoms with Crippen LogP contribution in [-0.4, -0.2) is 51.0 Å². The Morgan fingerprint density at radius 1 is 1.11 bits per heavy atom. The number of carbonyl (C=O) groups excluding carboxylic acids is 1. The number of likely N-dealkylation sites (N-methyl/N-ethyl adjacent to an activating group) is 1. The number of aromatic amines is 2. The van der Waals surface area contributed by atoms with Crippen molar-refractivity contribution in [3.8, 4) is 22.3 Å². The van der Waals surface area contributed by atoms with Gasteiger partial charge in [0.05, 0.1) is 0 Å². The molecule has 1 aromatic carbocycles. The van der Waals surface area contributed by atoms with E-state index in [1.165, 1.54) is 0 Å². The average Bonchev–Trinajstić information content (AvgIpc) is 3.49. The first kappa shape index (κ1) is 22.4. The van der Waals surface area contributed by atoms with E-state index in [1.54, 1.807) is 23.9 Å². The van der Waals surface area contributed by atoms with Gasteiger partial charge in [0.2, 0.25) is 5.91 Å². The third-order valence-electron chi connectivity index (χ3n) is 5.92. The average molecular weight is 467 g/mol. The summed E-state index contributed by atoms with van der Waals surface area (Å²) >= 11 is 0. The van der Waals surface area contributed by atoms with E-state index in [9.17, 15) is 9.59 Å². The number of fused-ring (bicyclic) bond motifs is 2. The largest absolute Gasteiger partial charge is 0.357 e. The molecular formula is C27H26N6O2. The van der Waals surface area contributed by atoms with Gasteiger partial charge in [-0.3, -0.25) is 9.59 Å². The quantitative estimate of drug-likeness (QED) is 0.328. The third kappa shape index (κ3) is 4.39. The summed E-state index contributed by atoms with van der Waals surface area (Å²) in [4.78, 5) is 37.7. The summed E-state index contributed by atoms with van der Waals surface area (Å²) in [6.07, 6.45) is 10.7. The Balaban J connectivity index is 1.51. The summed E-state index contributed by atoms with van der Waals surface area (Å²) < 4.78 is 1.59. The Labute approximate surface area is 201 Å². The molecule has 4 heterocycles. The lowest BCUT2D eigenvalue weighted by molar-refractivity contribution is -0.111. The fourth-order valence-electron chi connectivity index (χ4n) is 4.20. The minimum atomic E-state index is -0.171. The van der Waals surface area contributed by atoms with Crippen molar-refractivity contribution in [2.75, 3.05) is 26.0 Å². The van der Waals surface area contributed by atoms with Gasteiger partial charge < -0.3 is 24.8 Å². The number of amides is 1. The zero-order valence-corrected chi connectivity index (χ0v) is 19.8. The van der Waals surface area contributed by atoms with Crippen LogP contribution in [0.1, 0.15) is 0 Å². The van der Waals surface area contributed by atoms with Gasteiger partial charge >= 0.3 is 0 Å². The van der Waals surface area contributed by atoms with Crippen LogP contribution in [0.15, 0.2) is 78.1 Å². The fraction of sp³-hybridized carbons (Fsp3) is 0.148. The van der Waals surface area contributed by atoms with E-state index >= 15 is 0 Å². The van der Waals surface area contributed by atoms with Gasteiger partial charge in [0.15, 0.2) is 0 Å². The number of carbonyl (C=O) groups is 1. The number of hydrogen-bond acceptors (Lipinski definition) is 4. The van der Waals surface area contributed by atoms with Gasteiger partial charge in [-0.15, -0.1) is 0 Å². The van der Waals surface area contributed by atoms with Crippen LogP contribution >= 0.6 is 0 Å². The lowest BCUT2D eigenvalue weighted by atomic mass is 10.0. The second-order valence-corrected chi connectivity index (χ2v) is 8.78. The molecule has 0 atom stereocenters. The van der Waals surface area contributed by atoms with Gasteiger partial charge in [0.1, 0.15) is 11.2 Å². The lowest BCUT2D eigenvalue weighted by Crippen LogP contribution is -2.16. The summed E-state index contributed by atoms with van der Waals surface area (Å²) in [7, 11) is 5.65. The molecule has 1 amide bonds. The summed E-state index contributed by atoms with van der Waals surface area (Å²) in [6.45, 7) is 0.697. The van der Waals surface area contributed by atoms with E-state index in [2.05, 4.69) is 26.3 Å². The molecule has 8 nitrogen and oxygen atoms in total. The fourth-order valence-corrected chi connectivity index (χ4v) is 4.20. The van der Waals surface area contributed by atoms with Gasteiger partial charge in [-0.25, -0.2) is 4.98 Å². The number of pyridine rings is 2. The van der Waals surface area contributed by atoms with Gasteiger partial charge in [-0.2, -0.15) is 0 Å². The number of anilines is 1. The monoisotopic (exact) mass is 466 g/mol. The molecule has 0 aliphatic carbocycles. The maximum atomic E-state index is 12.5. The molecule has 5 aromatic rings. The highest BCUT2D eigenvalue weighted by Crippen LogP contribution is 2.34. The standard InChI is InChI=1S/C27H26N6O2/c1-32(2)11-5-8-24(34)31-19-7-4-6-17(12-19)18-13-21-22(15-30-26(21)29-14-18)23-16-33(3)27(35)25-20(23)9-10-28-25/h4-10,12-16,28H,11H2,1-3H3,(H,29,30)(H,31,34). The number of rotatable bonds is 6. The van der Waals surface area contributed by atoms with Gasteiger partial charge in [-0.05, 0) is 43.9 Å². The van der Waals surface area contributed by atoms with E-state index in [0.29, 0.717) is 17.7 Å². The van der Waals surface area contributed by atoms with Crippen molar-refractivity contribution in [3.63, 3.8) is 0 Å². The molecule has 4 aromatic heterocycles. The Hall–Kier alpha value is -4.43. The number of hydrogen-bond donors (Lipinski definition) is 3. The van der Waals surface area contributed by atoms with Crippen molar-refractivity contribution in [2.45, 2.75) is 0 Å². The second kappa shape index (κ2) is 9.08. The minimum Gasteiger partial charge on any atom is -0.357 e. The van der Waals surface area contributed by atoms with Crippen molar-refractivity contribution in [3.05, 3.63) is 83.7 Å². The summed E-state index contributed by atoms with van der Waals surface area (Å²) in [5, 5.41) is 4.73. The highest BCUT2D eigenvalue weighted by atomic mass is 16.1. The first-order valence-electron chi connectivity index (χ1n) is 11.3. The highest BCUT2D eigenvalue weighted by Gasteiger charge is 2.15. The zero-order valence-electron chi connectivity index (χ0n) is 19.8. The van der Waals surface area contributed by atoms with Crippen LogP contribution in [0.3, 0.4) is 0 Å². The lowest BCUT2D eigenvalue weighted by Gasteiger charge is -2.08. The molecule has 8 heteroatoms. The smallest absolute Gasteiger partial charge is 0.274 e. The molecule has 3 N–H and O–H groups in total. The van der Waals surface area contributed by atoms with Crippen molar-refractivity contribution in [1.82, 2.24) is 24.4 Å². The van der Waals surface area contributed by atoms with Crippen LogP contribution in [0.2, 0.25) is 0 Å². The number of aryl methyl sites for hydroxylation is 1. The Morgan fingerprint density at radius 3 is 2.80 bits per heavy atom. The summed E-state index contributed by atoms with van der Waals surface area (Å²) in [6, 6.07) is 11.7. The summed E-state index contributed by atoms with van der Waals surface area (Å²) in [5.41, 5.74) is 5.75. The predicted molar refractivity (Wildman–Crippen MR) is 140 cm³/mol. The molecule has 35 heavy (non-hydrogen) atoms. The van der Waals surface area contributed by atoms with E-state index in [-0.39, 0.29) is 11.5 Å². The number of nitrogens with zero attached hydrogens (tertiary/aromatic N) is 3. The van der Waals surface area contributed by atoms with Crippen LogP contribution in [0, 0.1) is 0 Å². The number of H-pyrrole nitrogens is 2. The van der Waals surface area contributed by atoms with Crippen molar-refractivity contribution < 1.29 is 4.79 Å². The Morgan fingerprint density at radius 2 is 1.97 bits per heavy atom. The molecule has 0 spiro atoms. The van der Waals surface area contributed by atoms with Crippen LogP contribution < -0.4 is 10.9 Å². The van der Waals surface area contributed by atoms with E-state index in [4.69, 9.17) is 0 Å². The molecule has 0 fully saturated rings. The Kier molecular flexibility index (Phi) is 5.80. The number of nitrogens with one attached hydrogen (secondary N) is 3. The highest BCUT2D eigenvalue weighted by molar-refractivity contribution is 6.04. The van der Waals surface area contributed by atoms with E-state index in [0.717, 1.165) is 38.7 Å². The van der Waals surface area contributed by atoms with E-state index < -0.39 is 0 Å². The predicted octanol–water partition coefficient (Wildman–Crippen LogP) is 4.13. The molecule has 0 unspecified atom stereocenters. The van der Waals surface area contributed by atoms with Gasteiger partial charge in [-0.1, -0.05) is 18.2 Å². The van der Waals surface area contributed by atoms with E-state index in [1.807, 2.05) is 74.0 Å². The second-order valence-electron chi connectivity index (χ2n) is 8.78. The molecule has 0 aliphatic heterocycles. The Bertz CT molecular complexity index is 1640. The van der Waals surface area contributed by atoms with Crippen molar-refractivity contribution in [2.24, 2.45) is 7.05 Å². The van der Waals surface area contributed by atoms with Gasteiger partial charge in [0.25, 0.3) is 5.56 Å². The first-order valence-corrected chi connectivity index (χ1v) is 11.3. The van der Waals surface area contributed by atoms with Crippen LogP contribution in [0.25, 0.3) is 44.2 Å². The molecule has 0 bridgehead atoms. The van der Waals surface area contributed by atoms with Gasteiger partial charge in [0, 0.05) is 77.6 Å². The molecule has 176 valence electrons. The molecule has 0 radical (unpaired) electrons. The van der Waals surface area contributed by atoms with Crippen LogP contribution in [-0.2, 0) is 11.8 Å². The maximum absolute atomic E-state index is 12.5. The van der Waals surface area contributed by atoms with Crippen LogP contribution in [0.4, 0.5) is 5.69 Å². The molecule has 0 saturated heterocycles. The normalized spacial score (nSPS) is 11.8. The SMILES string of the molecule is CN(C)CC=CC(=O)Nc1cccc(-c2cnc3[nH]cc(-c4cn(C)c(=O)c5[nH]ccc45)c3c2)c1. The van der Waals surface area contributed by atoms with Crippen molar-refractivity contribution in [1.29, 1.82) is 0 Å². The summed E-state index contributed by atoms with van der Waals surface area (Å²) in [5.74, 6) is -0.171. The number of aromatic nitrogens is 4. The zero-order chi connectivity index (χ0) is 24.5.